The summed E-state index contributed by atoms with van der Waals surface area (Å²) in [6.07, 6.45) is 4.91. The molecular formula is C17H22N2O2. The number of morpholine rings is 1. The minimum Gasteiger partial charge on any atom is -0.384 e. The van der Waals surface area contributed by atoms with Crippen molar-refractivity contribution in [3.05, 3.63) is 29.8 Å². The summed E-state index contributed by atoms with van der Waals surface area (Å²) in [4.78, 5) is 15.2. The topological polar surface area (TPSA) is 41.6 Å². The van der Waals surface area contributed by atoms with Crippen LogP contribution in [0.1, 0.15) is 37.2 Å². The molecule has 1 saturated heterocycles. The van der Waals surface area contributed by atoms with E-state index in [0.29, 0.717) is 12.6 Å². The highest BCUT2D eigenvalue weighted by atomic mass is 16.5. The largest absolute Gasteiger partial charge is 0.384 e. The van der Waals surface area contributed by atoms with E-state index in [2.05, 4.69) is 22.3 Å². The van der Waals surface area contributed by atoms with Gasteiger partial charge in [0.1, 0.15) is 0 Å². The standard InChI is InChI=1S/C17H22N2O2/c20-17(13-11-18-14-6-2-1-5-12(13)14)19-9-10-21-16-8-4-3-7-15(16)19/h1-2,5-6,13,15-16,18H,3-4,7-11H2. The molecule has 4 heteroatoms. The summed E-state index contributed by atoms with van der Waals surface area (Å²) in [5.41, 5.74) is 2.27. The number of hydrogen-bond acceptors (Lipinski definition) is 3. The molecule has 3 aliphatic rings. The molecule has 0 spiro atoms. The van der Waals surface area contributed by atoms with Gasteiger partial charge in [0.25, 0.3) is 0 Å². The van der Waals surface area contributed by atoms with E-state index in [1.807, 2.05) is 12.1 Å². The fourth-order valence-corrected chi connectivity index (χ4v) is 4.07. The van der Waals surface area contributed by atoms with Gasteiger partial charge in [0, 0.05) is 18.8 Å². The van der Waals surface area contributed by atoms with Crippen molar-refractivity contribution >= 4 is 11.6 Å². The van der Waals surface area contributed by atoms with Crippen LogP contribution >= 0.6 is 0 Å². The van der Waals surface area contributed by atoms with E-state index in [4.69, 9.17) is 4.74 Å². The minimum absolute atomic E-state index is 0.0260. The first-order valence-electron chi connectivity index (χ1n) is 8.09. The third-order valence-electron chi connectivity index (χ3n) is 5.15. The number of carbonyl (C=O) groups excluding carboxylic acids is 1. The van der Waals surface area contributed by atoms with E-state index >= 15 is 0 Å². The molecule has 1 aliphatic carbocycles. The molecule has 1 aromatic rings. The number of rotatable bonds is 1. The van der Waals surface area contributed by atoms with Crippen LogP contribution < -0.4 is 5.32 Å². The van der Waals surface area contributed by atoms with Gasteiger partial charge in [0.15, 0.2) is 0 Å². The molecule has 1 saturated carbocycles. The Morgan fingerprint density at radius 1 is 1.24 bits per heavy atom. The van der Waals surface area contributed by atoms with Crippen LogP contribution in [0, 0.1) is 0 Å². The zero-order valence-electron chi connectivity index (χ0n) is 12.3. The highest BCUT2D eigenvalue weighted by molar-refractivity contribution is 5.88. The monoisotopic (exact) mass is 286 g/mol. The molecule has 4 rings (SSSR count). The summed E-state index contributed by atoms with van der Waals surface area (Å²) in [6.45, 7) is 2.17. The highest BCUT2D eigenvalue weighted by Crippen LogP contribution is 2.35. The van der Waals surface area contributed by atoms with Gasteiger partial charge in [-0.1, -0.05) is 31.0 Å². The van der Waals surface area contributed by atoms with E-state index in [0.717, 1.165) is 37.2 Å². The number of anilines is 1. The van der Waals surface area contributed by atoms with Crippen LogP contribution in [0.2, 0.25) is 0 Å². The Labute approximate surface area is 125 Å². The highest BCUT2D eigenvalue weighted by Gasteiger charge is 2.40. The van der Waals surface area contributed by atoms with Crippen LogP contribution in [0.4, 0.5) is 5.69 Å². The Bertz CT molecular complexity index is 543. The van der Waals surface area contributed by atoms with Gasteiger partial charge < -0.3 is 15.0 Å². The summed E-state index contributed by atoms with van der Waals surface area (Å²) < 4.78 is 5.88. The number of nitrogens with zero attached hydrogens (tertiary/aromatic N) is 1. The zero-order valence-corrected chi connectivity index (χ0v) is 12.3. The fraction of sp³-hybridized carbons (Fsp3) is 0.588. The van der Waals surface area contributed by atoms with Crippen LogP contribution in [-0.2, 0) is 9.53 Å². The predicted molar refractivity (Wildman–Crippen MR) is 81.4 cm³/mol. The number of benzene rings is 1. The summed E-state index contributed by atoms with van der Waals surface area (Å²) >= 11 is 0. The third-order valence-corrected chi connectivity index (χ3v) is 5.15. The van der Waals surface area contributed by atoms with Crippen molar-refractivity contribution in [2.45, 2.75) is 43.7 Å². The van der Waals surface area contributed by atoms with Crippen LogP contribution in [0.3, 0.4) is 0 Å². The van der Waals surface area contributed by atoms with Crippen LogP contribution in [0.15, 0.2) is 24.3 Å². The van der Waals surface area contributed by atoms with Crippen molar-refractivity contribution in [3.8, 4) is 0 Å². The number of ether oxygens (including phenoxy) is 1. The second-order valence-corrected chi connectivity index (χ2v) is 6.31. The van der Waals surface area contributed by atoms with Gasteiger partial charge in [-0.05, 0) is 24.5 Å². The Kier molecular flexibility index (Phi) is 3.34. The molecule has 21 heavy (non-hydrogen) atoms. The maximum atomic E-state index is 13.0. The Morgan fingerprint density at radius 3 is 3.05 bits per heavy atom. The maximum absolute atomic E-state index is 13.0. The van der Waals surface area contributed by atoms with E-state index in [9.17, 15) is 4.79 Å². The number of amides is 1. The molecule has 1 aromatic carbocycles. The predicted octanol–water partition coefficient (Wildman–Crippen LogP) is 2.37. The van der Waals surface area contributed by atoms with Gasteiger partial charge >= 0.3 is 0 Å². The summed E-state index contributed by atoms with van der Waals surface area (Å²) in [7, 11) is 0. The Morgan fingerprint density at radius 2 is 2.10 bits per heavy atom. The van der Waals surface area contributed by atoms with E-state index < -0.39 is 0 Å². The van der Waals surface area contributed by atoms with Crippen molar-refractivity contribution in [1.82, 2.24) is 4.90 Å². The number of para-hydroxylation sites is 1. The lowest BCUT2D eigenvalue weighted by Gasteiger charge is -2.44. The lowest BCUT2D eigenvalue weighted by atomic mass is 9.88. The third kappa shape index (κ3) is 2.22. The quantitative estimate of drug-likeness (QED) is 0.861. The van der Waals surface area contributed by atoms with Crippen LogP contribution in [0.25, 0.3) is 0 Å². The van der Waals surface area contributed by atoms with Crippen molar-refractivity contribution < 1.29 is 9.53 Å². The smallest absolute Gasteiger partial charge is 0.232 e. The molecule has 3 atom stereocenters. The first-order valence-corrected chi connectivity index (χ1v) is 8.09. The van der Waals surface area contributed by atoms with Crippen molar-refractivity contribution in [3.63, 3.8) is 0 Å². The zero-order chi connectivity index (χ0) is 14.2. The van der Waals surface area contributed by atoms with Gasteiger partial charge in [-0.25, -0.2) is 0 Å². The fourth-order valence-electron chi connectivity index (χ4n) is 4.07. The SMILES string of the molecule is O=C(C1CNc2ccccc21)N1CCOC2CCCCC21. The first kappa shape index (κ1) is 13.1. The van der Waals surface area contributed by atoms with Crippen molar-refractivity contribution in [1.29, 1.82) is 0 Å². The summed E-state index contributed by atoms with van der Waals surface area (Å²) in [6, 6.07) is 8.48. The lowest BCUT2D eigenvalue weighted by molar-refractivity contribution is -0.150. The maximum Gasteiger partial charge on any atom is 0.232 e. The number of carbonyl (C=O) groups is 1. The van der Waals surface area contributed by atoms with Gasteiger partial charge in [-0.2, -0.15) is 0 Å². The minimum atomic E-state index is -0.0260. The van der Waals surface area contributed by atoms with E-state index in [-0.39, 0.29) is 17.9 Å². The molecule has 1 N–H and O–H groups in total. The Hall–Kier alpha value is -1.55. The molecule has 2 heterocycles. The average molecular weight is 286 g/mol. The average Bonchev–Trinajstić information content (AvgIpc) is 2.98. The van der Waals surface area contributed by atoms with E-state index in [1.54, 1.807) is 0 Å². The number of hydrogen-bond donors (Lipinski definition) is 1. The molecule has 0 radical (unpaired) electrons. The molecule has 112 valence electrons. The normalized spacial score (nSPS) is 31.2. The second kappa shape index (κ2) is 5.34. The number of nitrogens with one attached hydrogen (secondary N) is 1. The molecule has 2 aliphatic heterocycles. The summed E-state index contributed by atoms with van der Waals surface area (Å²) in [5.74, 6) is 0.259. The van der Waals surface area contributed by atoms with Gasteiger partial charge in [-0.3, -0.25) is 4.79 Å². The lowest BCUT2D eigenvalue weighted by Crippen LogP contribution is -2.56. The molecule has 3 unspecified atom stereocenters. The summed E-state index contributed by atoms with van der Waals surface area (Å²) in [5, 5.41) is 3.36. The van der Waals surface area contributed by atoms with Crippen LogP contribution in [-0.4, -0.2) is 42.6 Å². The number of fused-ring (bicyclic) bond motifs is 2. The van der Waals surface area contributed by atoms with Crippen molar-refractivity contribution in [2.24, 2.45) is 0 Å². The molecule has 4 nitrogen and oxygen atoms in total. The van der Waals surface area contributed by atoms with Gasteiger partial charge in [0.2, 0.25) is 5.91 Å². The molecule has 1 amide bonds. The van der Waals surface area contributed by atoms with Crippen molar-refractivity contribution in [2.75, 3.05) is 25.0 Å². The second-order valence-electron chi connectivity index (χ2n) is 6.31. The van der Waals surface area contributed by atoms with Gasteiger partial charge in [-0.15, -0.1) is 0 Å². The molecule has 2 fully saturated rings. The molecular weight excluding hydrogens is 264 g/mol. The van der Waals surface area contributed by atoms with E-state index in [1.165, 1.54) is 12.8 Å². The van der Waals surface area contributed by atoms with Crippen LogP contribution in [0.5, 0.6) is 0 Å². The van der Waals surface area contributed by atoms with Gasteiger partial charge in [0.05, 0.1) is 24.7 Å². The Balaban J connectivity index is 1.57. The molecule has 0 bridgehead atoms. The first-order chi connectivity index (χ1) is 10.3. The molecule has 0 aromatic heterocycles.